The number of hydrogen-bond donors (Lipinski definition) is 1. The Bertz CT molecular complexity index is 123. The highest BCUT2D eigenvalue weighted by Gasteiger charge is 1.99. The van der Waals surface area contributed by atoms with Crippen molar-refractivity contribution in [3.63, 3.8) is 0 Å². The minimum atomic E-state index is 0.0548. The average molecular weight is 170 g/mol. The number of rotatable bonds is 6. The van der Waals surface area contributed by atoms with Crippen LogP contribution < -0.4 is 5.32 Å². The summed E-state index contributed by atoms with van der Waals surface area (Å²) in [6.07, 6.45) is 3.86. The molecule has 1 unspecified atom stereocenters. The van der Waals surface area contributed by atoms with Gasteiger partial charge in [-0.25, -0.2) is 0 Å². The van der Waals surface area contributed by atoms with E-state index in [9.17, 15) is 4.79 Å². The summed E-state index contributed by atoms with van der Waals surface area (Å²) in [6.45, 7) is 8.74. The Hall–Kier alpha value is -0.530. The van der Waals surface area contributed by atoms with Crippen molar-refractivity contribution in [1.29, 1.82) is 0 Å². The van der Waals surface area contributed by atoms with Crippen molar-refractivity contribution in [2.45, 2.75) is 39.5 Å². The molecule has 1 N–H and O–H groups in total. The van der Waals surface area contributed by atoms with E-state index in [1.807, 2.05) is 0 Å². The standard InChI is InChI=1S/C10H20NO/c1-4-9(3)7-6-8-11-10(12)5-2/h9H,2,4-8H2,1,3H3,(H,11,12). The maximum atomic E-state index is 10.8. The van der Waals surface area contributed by atoms with Gasteiger partial charge in [-0.05, 0) is 25.7 Å². The number of carbonyl (C=O) groups is 1. The highest BCUT2D eigenvalue weighted by molar-refractivity contribution is 5.76. The molecule has 0 saturated heterocycles. The van der Waals surface area contributed by atoms with E-state index in [4.69, 9.17) is 0 Å². The molecule has 12 heavy (non-hydrogen) atoms. The summed E-state index contributed by atoms with van der Waals surface area (Å²) in [6, 6.07) is 0. The molecule has 0 aromatic carbocycles. The highest BCUT2D eigenvalue weighted by Crippen LogP contribution is 2.07. The molecule has 2 heteroatoms. The number of hydrogen-bond acceptors (Lipinski definition) is 1. The largest absolute Gasteiger partial charge is 0.356 e. The van der Waals surface area contributed by atoms with Gasteiger partial charge >= 0.3 is 0 Å². The first-order chi connectivity index (χ1) is 5.70. The SMILES string of the molecule is [CH2]CC(=O)NCCCC(C)CC. The Morgan fingerprint density at radius 3 is 2.75 bits per heavy atom. The van der Waals surface area contributed by atoms with Gasteiger partial charge in [0.15, 0.2) is 0 Å². The molecule has 0 spiro atoms. The molecular formula is C10H20NO. The van der Waals surface area contributed by atoms with Crippen molar-refractivity contribution in [3.05, 3.63) is 6.92 Å². The number of amides is 1. The van der Waals surface area contributed by atoms with Crippen LogP contribution in [0.2, 0.25) is 0 Å². The third kappa shape index (κ3) is 6.20. The Morgan fingerprint density at radius 1 is 1.58 bits per heavy atom. The van der Waals surface area contributed by atoms with Gasteiger partial charge in [0, 0.05) is 13.0 Å². The van der Waals surface area contributed by atoms with E-state index in [2.05, 4.69) is 26.1 Å². The first-order valence-electron chi connectivity index (χ1n) is 4.76. The predicted octanol–water partition coefficient (Wildman–Crippen LogP) is 2.15. The molecule has 1 atom stereocenters. The van der Waals surface area contributed by atoms with E-state index in [1.54, 1.807) is 0 Å². The van der Waals surface area contributed by atoms with Crippen molar-refractivity contribution in [3.8, 4) is 0 Å². The van der Waals surface area contributed by atoms with Gasteiger partial charge in [0.05, 0.1) is 0 Å². The summed E-state index contributed by atoms with van der Waals surface area (Å²) in [4.78, 5) is 10.8. The average Bonchev–Trinajstić information content (AvgIpc) is 2.11. The Kier molecular flexibility index (Phi) is 6.82. The van der Waals surface area contributed by atoms with E-state index >= 15 is 0 Å². The van der Waals surface area contributed by atoms with Crippen molar-refractivity contribution < 1.29 is 4.79 Å². The van der Waals surface area contributed by atoms with Gasteiger partial charge in [0.25, 0.3) is 0 Å². The van der Waals surface area contributed by atoms with E-state index < -0.39 is 0 Å². The van der Waals surface area contributed by atoms with E-state index in [-0.39, 0.29) is 5.91 Å². The van der Waals surface area contributed by atoms with Crippen LogP contribution in [0.4, 0.5) is 0 Å². The molecule has 0 aliphatic carbocycles. The second-order valence-electron chi connectivity index (χ2n) is 3.26. The molecule has 1 amide bonds. The zero-order valence-electron chi connectivity index (χ0n) is 8.23. The molecule has 0 saturated carbocycles. The van der Waals surface area contributed by atoms with Crippen molar-refractivity contribution in [2.75, 3.05) is 6.54 Å². The van der Waals surface area contributed by atoms with Gasteiger partial charge < -0.3 is 5.32 Å². The third-order valence-electron chi connectivity index (χ3n) is 2.12. The van der Waals surface area contributed by atoms with Crippen LogP contribution in [0.15, 0.2) is 0 Å². The summed E-state index contributed by atoms with van der Waals surface area (Å²) < 4.78 is 0. The zero-order valence-corrected chi connectivity index (χ0v) is 8.23. The molecule has 0 aliphatic rings. The maximum absolute atomic E-state index is 10.8. The molecule has 0 aliphatic heterocycles. The monoisotopic (exact) mass is 170 g/mol. The second kappa shape index (κ2) is 7.14. The normalized spacial score (nSPS) is 12.6. The molecule has 71 valence electrons. The molecular weight excluding hydrogens is 150 g/mol. The zero-order chi connectivity index (χ0) is 9.40. The lowest BCUT2D eigenvalue weighted by molar-refractivity contribution is -0.120. The number of carbonyl (C=O) groups excluding carboxylic acids is 1. The van der Waals surface area contributed by atoms with Gasteiger partial charge in [-0.3, -0.25) is 4.79 Å². The topological polar surface area (TPSA) is 29.1 Å². The van der Waals surface area contributed by atoms with Crippen LogP contribution in [0, 0.1) is 12.8 Å². The fraction of sp³-hybridized carbons (Fsp3) is 0.800. The lowest BCUT2D eigenvalue weighted by Gasteiger charge is -2.07. The Balaban J connectivity index is 3.15. The van der Waals surface area contributed by atoms with Crippen LogP contribution in [-0.2, 0) is 4.79 Å². The smallest absolute Gasteiger partial charge is 0.219 e. The maximum Gasteiger partial charge on any atom is 0.219 e. The van der Waals surface area contributed by atoms with Gasteiger partial charge in [0.1, 0.15) is 0 Å². The van der Waals surface area contributed by atoms with E-state index in [1.165, 1.54) is 12.8 Å². The van der Waals surface area contributed by atoms with Crippen molar-refractivity contribution in [2.24, 2.45) is 5.92 Å². The molecule has 0 rings (SSSR count). The fourth-order valence-electron chi connectivity index (χ4n) is 0.971. The van der Waals surface area contributed by atoms with Crippen LogP contribution in [0.3, 0.4) is 0 Å². The summed E-state index contributed by atoms with van der Waals surface area (Å²) in [5.41, 5.74) is 0. The Morgan fingerprint density at radius 2 is 2.25 bits per heavy atom. The summed E-state index contributed by atoms with van der Waals surface area (Å²) >= 11 is 0. The minimum absolute atomic E-state index is 0.0548. The molecule has 0 heterocycles. The first kappa shape index (κ1) is 11.5. The van der Waals surface area contributed by atoms with E-state index in [0.717, 1.165) is 18.9 Å². The van der Waals surface area contributed by atoms with Crippen molar-refractivity contribution >= 4 is 5.91 Å². The molecule has 0 aromatic rings. The summed E-state index contributed by atoms with van der Waals surface area (Å²) in [5, 5.41) is 2.81. The molecule has 2 nitrogen and oxygen atoms in total. The molecule has 1 radical (unpaired) electrons. The summed E-state index contributed by atoms with van der Waals surface area (Å²) in [7, 11) is 0. The van der Waals surface area contributed by atoms with Crippen molar-refractivity contribution in [1.82, 2.24) is 5.32 Å². The van der Waals surface area contributed by atoms with Gasteiger partial charge in [-0.15, -0.1) is 0 Å². The molecule has 0 bridgehead atoms. The van der Waals surface area contributed by atoms with Gasteiger partial charge in [0.2, 0.25) is 5.91 Å². The lowest BCUT2D eigenvalue weighted by Crippen LogP contribution is -2.23. The lowest BCUT2D eigenvalue weighted by atomic mass is 10.0. The van der Waals surface area contributed by atoms with Gasteiger partial charge in [-0.2, -0.15) is 0 Å². The van der Waals surface area contributed by atoms with Crippen LogP contribution >= 0.6 is 0 Å². The number of nitrogens with one attached hydrogen (secondary N) is 1. The first-order valence-corrected chi connectivity index (χ1v) is 4.76. The Labute approximate surface area is 75.7 Å². The fourth-order valence-corrected chi connectivity index (χ4v) is 0.971. The highest BCUT2D eigenvalue weighted by atomic mass is 16.1. The van der Waals surface area contributed by atoms with E-state index in [0.29, 0.717) is 6.42 Å². The predicted molar refractivity (Wildman–Crippen MR) is 51.7 cm³/mol. The molecule has 0 aromatic heterocycles. The van der Waals surface area contributed by atoms with Crippen LogP contribution in [0.25, 0.3) is 0 Å². The van der Waals surface area contributed by atoms with Gasteiger partial charge in [-0.1, -0.05) is 20.3 Å². The molecule has 0 fully saturated rings. The van der Waals surface area contributed by atoms with Crippen LogP contribution in [0.5, 0.6) is 0 Å². The van der Waals surface area contributed by atoms with Crippen LogP contribution in [0.1, 0.15) is 39.5 Å². The minimum Gasteiger partial charge on any atom is -0.356 e. The summed E-state index contributed by atoms with van der Waals surface area (Å²) in [5.74, 6) is 0.834. The van der Waals surface area contributed by atoms with Crippen LogP contribution in [-0.4, -0.2) is 12.5 Å². The third-order valence-corrected chi connectivity index (χ3v) is 2.12. The quantitative estimate of drug-likeness (QED) is 0.608. The second-order valence-corrected chi connectivity index (χ2v) is 3.26.